The molecule has 75 valence electrons. The summed E-state index contributed by atoms with van der Waals surface area (Å²) in [4.78, 5) is 0.459. The molecule has 0 amide bonds. The van der Waals surface area contributed by atoms with E-state index in [1.165, 1.54) is 0 Å². The molecule has 1 fully saturated rings. The highest BCUT2D eigenvalue weighted by Crippen LogP contribution is 2.28. The van der Waals surface area contributed by atoms with E-state index in [1.54, 1.807) is 24.3 Å². The lowest BCUT2D eigenvalue weighted by molar-refractivity contribution is 0.580. The molecule has 0 bridgehead atoms. The Balaban J connectivity index is 2.33. The maximum Gasteiger partial charge on any atom is 0.181 e. The summed E-state index contributed by atoms with van der Waals surface area (Å²) in [5.41, 5.74) is 0. The summed E-state index contributed by atoms with van der Waals surface area (Å²) in [6.45, 7) is 0. The van der Waals surface area contributed by atoms with Crippen LogP contribution in [-0.2, 0) is 9.84 Å². The van der Waals surface area contributed by atoms with Gasteiger partial charge >= 0.3 is 0 Å². The zero-order valence-corrected chi connectivity index (χ0v) is 8.70. The molecule has 2 nitrogen and oxygen atoms in total. The molecule has 0 spiro atoms. The van der Waals surface area contributed by atoms with Crippen molar-refractivity contribution in [2.45, 2.75) is 29.4 Å². The fourth-order valence-corrected chi connectivity index (χ4v) is 3.57. The van der Waals surface area contributed by atoms with Gasteiger partial charge in [-0.3, -0.25) is 0 Å². The molecule has 1 aliphatic rings. The van der Waals surface area contributed by atoms with Gasteiger partial charge in [-0.25, -0.2) is 8.42 Å². The zero-order chi connectivity index (χ0) is 10.0. The molecule has 1 saturated carbocycles. The summed E-state index contributed by atoms with van der Waals surface area (Å²) >= 11 is 0. The van der Waals surface area contributed by atoms with Crippen LogP contribution in [0.4, 0.5) is 0 Å². The van der Waals surface area contributed by atoms with Crippen molar-refractivity contribution in [3.8, 4) is 0 Å². The molecular formula is C11H13O2S. The number of benzene rings is 1. The summed E-state index contributed by atoms with van der Waals surface area (Å²) < 4.78 is 24.0. The van der Waals surface area contributed by atoms with Crippen molar-refractivity contribution in [1.82, 2.24) is 0 Å². The van der Waals surface area contributed by atoms with Crippen LogP contribution in [-0.4, -0.2) is 13.7 Å². The molecule has 1 aromatic rings. The Morgan fingerprint density at radius 2 is 1.86 bits per heavy atom. The fraction of sp³-hybridized carbons (Fsp3) is 0.364. The predicted octanol–water partition coefficient (Wildman–Crippen LogP) is 2.22. The highest BCUT2D eigenvalue weighted by molar-refractivity contribution is 7.92. The van der Waals surface area contributed by atoms with Crippen molar-refractivity contribution in [3.63, 3.8) is 0 Å². The fourth-order valence-electron chi connectivity index (χ4n) is 1.81. The Morgan fingerprint density at radius 3 is 2.43 bits per heavy atom. The van der Waals surface area contributed by atoms with E-state index in [1.807, 2.05) is 6.07 Å². The lowest BCUT2D eigenvalue weighted by Crippen LogP contribution is -2.17. The van der Waals surface area contributed by atoms with Crippen LogP contribution in [0.25, 0.3) is 0 Å². The largest absolute Gasteiger partial charge is 0.223 e. The van der Waals surface area contributed by atoms with E-state index in [0.717, 1.165) is 12.8 Å². The first-order valence-electron chi connectivity index (χ1n) is 4.82. The quantitative estimate of drug-likeness (QED) is 0.748. The van der Waals surface area contributed by atoms with Crippen molar-refractivity contribution in [2.75, 3.05) is 0 Å². The molecular weight excluding hydrogens is 196 g/mol. The van der Waals surface area contributed by atoms with E-state index >= 15 is 0 Å². The molecule has 0 N–H and O–H groups in total. The second-order valence-electron chi connectivity index (χ2n) is 3.58. The molecule has 0 heterocycles. The topological polar surface area (TPSA) is 34.1 Å². The Labute approximate surface area is 84.9 Å². The van der Waals surface area contributed by atoms with Crippen molar-refractivity contribution in [1.29, 1.82) is 0 Å². The second kappa shape index (κ2) is 3.73. The minimum atomic E-state index is -3.07. The van der Waals surface area contributed by atoms with Crippen LogP contribution in [0.3, 0.4) is 0 Å². The number of hydrogen-bond acceptors (Lipinski definition) is 2. The second-order valence-corrected chi connectivity index (χ2v) is 5.81. The number of hydrogen-bond donors (Lipinski definition) is 0. The third-order valence-corrected chi connectivity index (χ3v) is 4.87. The van der Waals surface area contributed by atoms with E-state index in [4.69, 9.17) is 0 Å². The van der Waals surface area contributed by atoms with E-state index in [0.29, 0.717) is 11.3 Å². The van der Waals surface area contributed by atoms with Crippen LogP contribution >= 0.6 is 0 Å². The molecule has 1 aliphatic carbocycles. The molecule has 1 unspecified atom stereocenters. The smallest absolute Gasteiger partial charge is 0.181 e. The molecule has 1 aromatic carbocycles. The van der Waals surface area contributed by atoms with Crippen molar-refractivity contribution in [2.24, 2.45) is 0 Å². The summed E-state index contributed by atoms with van der Waals surface area (Å²) in [7, 11) is -3.07. The monoisotopic (exact) mass is 209 g/mol. The molecule has 0 saturated heterocycles. The predicted molar refractivity (Wildman–Crippen MR) is 55.6 cm³/mol. The Hall–Kier alpha value is -0.830. The van der Waals surface area contributed by atoms with Crippen molar-refractivity contribution >= 4 is 9.84 Å². The van der Waals surface area contributed by atoms with Crippen LogP contribution in [0.15, 0.2) is 35.2 Å². The minimum Gasteiger partial charge on any atom is -0.223 e. The van der Waals surface area contributed by atoms with Gasteiger partial charge in [0.05, 0.1) is 10.1 Å². The Morgan fingerprint density at radius 1 is 1.14 bits per heavy atom. The molecule has 1 atom stereocenters. The summed E-state index contributed by atoms with van der Waals surface area (Å²) in [6.07, 6.45) is 4.47. The highest BCUT2D eigenvalue weighted by atomic mass is 32.2. The maximum atomic E-state index is 12.0. The third kappa shape index (κ3) is 1.69. The molecule has 0 aromatic heterocycles. The van der Waals surface area contributed by atoms with Gasteiger partial charge in [0.1, 0.15) is 0 Å². The van der Waals surface area contributed by atoms with Gasteiger partial charge in [0, 0.05) is 0 Å². The van der Waals surface area contributed by atoms with Gasteiger partial charge < -0.3 is 0 Å². The molecule has 3 heteroatoms. The van der Waals surface area contributed by atoms with Crippen molar-refractivity contribution < 1.29 is 8.42 Å². The standard InChI is InChI=1S/C11H13O2S/c12-14(13,11-8-4-5-9-11)10-6-2-1-3-7-10/h1-4,6-7,11H,5,8-9H2. The lowest BCUT2D eigenvalue weighted by atomic mass is 10.4. The average Bonchev–Trinajstić information content (AvgIpc) is 2.72. The Kier molecular flexibility index (Phi) is 2.59. The van der Waals surface area contributed by atoms with E-state index in [-0.39, 0.29) is 5.25 Å². The van der Waals surface area contributed by atoms with Crippen LogP contribution in [0, 0.1) is 6.42 Å². The van der Waals surface area contributed by atoms with E-state index in [9.17, 15) is 8.42 Å². The third-order valence-electron chi connectivity index (χ3n) is 2.63. The highest BCUT2D eigenvalue weighted by Gasteiger charge is 2.29. The van der Waals surface area contributed by atoms with Crippen LogP contribution < -0.4 is 0 Å². The van der Waals surface area contributed by atoms with Gasteiger partial charge in [0.2, 0.25) is 0 Å². The summed E-state index contributed by atoms with van der Waals surface area (Å²) in [5, 5.41) is -0.190. The average molecular weight is 209 g/mol. The minimum absolute atomic E-state index is 0.190. The molecule has 2 rings (SSSR count). The van der Waals surface area contributed by atoms with Crippen LogP contribution in [0.1, 0.15) is 19.3 Å². The molecule has 14 heavy (non-hydrogen) atoms. The summed E-state index contributed by atoms with van der Waals surface area (Å²) in [6, 6.07) is 8.72. The lowest BCUT2D eigenvalue weighted by Gasteiger charge is -2.10. The van der Waals surface area contributed by atoms with Crippen molar-refractivity contribution in [3.05, 3.63) is 36.8 Å². The van der Waals surface area contributed by atoms with Gasteiger partial charge in [-0.1, -0.05) is 18.2 Å². The first kappa shape index (κ1) is 9.71. The maximum absolute atomic E-state index is 12.0. The number of sulfone groups is 1. The normalized spacial score (nSPS) is 18.6. The van der Waals surface area contributed by atoms with Crippen LogP contribution in [0.5, 0.6) is 0 Å². The Bertz CT molecular complexity index is 389. The first-order valence-corrected chi connectivity index (χ1v) is 6.36. The SMILES string of the molecule is O=S(=O)(c1ccccc1)C1C[CH]CC1. The summed E-state index contributed by atoms with van der Waals surface area (Å²) in [5.74, 6) is 0. The number of rotatable bonds is 2. The van der Waals surface area contributed by atoms with Gasteiger partial charge in [-0.05, 0) is 37.8 Å². The zero-order valence-electron chi connectivity index (χ0n) is 7.89. The van der Waals surface area contributed by atoms with Gasteiger partial charge in [0.15, 0.2) is 9.84 Å². The van der Waals surface area contributed by atoms with Crippen LogP contribution in [0.2, 0.25) is 0 Å². The van der Waals surface area contributed by atoms with E-state index in [2.05, 4.69) is 6.42 Å². The van der Waals surface area contributed by atoms with Gasteiger partial charge in [-0.15, -0.1) is 0 Å². The van der Waals surface area contributed by atoms with E-state index < -0.39 is 9.84 Å². The molecule has 0 aliphatic heterocycles. The van der Waals surface area contributed by atoms with Gasteiger partial charge in [-0.2, -0.15) is 0 Å². The first-order chi connectivity index (χ1) is 6.71. The van der Waals surface area contributed by atoms with Gasteiger partial charge in [0.25, 0.3) is 0 Å². The molecule has 1 radical (unpaired) electrons.